The lowest BCUT2D eigenvalue weighted by molar-refractivity contribution is -0.155. The van der Waals surface area contributed by atoms with E-state index in [1.54, 1.807) is 50.8 Å². The summed E-state index contributed by atoms with van der Waals surface area (Å²) in [6, 6.07) is 20.0. The molecular formula is C65H80N10O10. The van der Waals surface area contributed by atoms with Gasteiger partial charge in [-0.1, -0.05) is 52.0 Å². The van der Waals surface area contributed by atoms with Crippen molar-refractivity contribution in [3.8, 4) is 45.7 Å². The summed E-state index contributed by atoms with van der Waals surface area (Å²) < 4.78 is 27.0. The molecule has 0 spiro atoms. The molecule has 3 amide bonds. The Bertz CT molecular complexity index is 3490. The summed E-state index contributed by atoms with van der Waals surface area (Å²) >= 11 is 0. The first-order chi connectivity index (χ1) is 40.7. The van der Waals surface area contributed by atoms with Gasteiger partial charge in [0, 0.05) is 93.0 Å². The van der Waals surface area contributed by atoms with E-state index in [9.17, 15) is 29.9 Å². The minimum Gasteiger partial charge on any atom is -0.508 e. The first-order valence-corrected chi connectivity index (χ1v) is 29.7. The summed E-state index contributed by atoms with van der Waals surface area (Å²) in [6.07, 6.45) is 5.20. The van der Waals surface area contributed by atoms with Crippen molar-refractivity contribution in [3.63, 3.8) is 0 Å². The number of likely N-dealkylation sites (N-methyl/N-ethyl adjacent to an activating group) is 1. The number of piperidine rings is 1. The number of nitrogens with two attached hydrogens (primary N) is 1. The third kappa shape index (κ3) is 12.7. The number of carbonyl (C=O) groups is 4. The number of amides is 3. The van der Waals surface area contributed by atoms with Crippen LogP contribution in [0.15, 0.2) is 83.5 Å². The number of pyridine rings is 1. The van der Waals surface area contributed by atoms with Gasteiger partial charge in [-0.15, -0.1) is 0 Å². The lowest BCUT2D eigenvalue weighted by atomic mass is 9.80. The van der Waals surface area contributed by atoms with E-state index in [0.29, 0.717) is 111 Å². The Kier molecular flexibility index (Phi) is 17.9. The first kappa shape index (κ1) is 60.5. The number of hydrogen-bond donors (Lipinski definition) is 5. The van der Waals surface area contributed by atoms with Crippen LogP contribution in [0.2, 0.25) is 0 Å². The van der Waals surface area contributed by atoms with E-state index in [4.69, 9.17) is 34.3 Å². The van der Waals surface area contributed by atoms with Crippen molar-refractivity contribution >= 4 is 40.3 Å². The van der Waals surface area contributed by atoms with E-state index in [2.05, 4.69) is 59.2 Å². The molecule has 0 unspecified atom stereocenters. The maximum Gasteiger partial charge on any atom is 0.324 e. The summed E-state index contributed by atoms with van der Waals surface area (Å²) in [4.78, 5) is 72.0. The number of nitriles is 1. The number of aliphatic hydroxyl groups excluding tert-OH is 1. The number of esters is 1. The number of aliphatic hydroxyl groups is 1. The van der Waals surface area contributed by atoms with Crippen molar-refractivity contribution in [1.82, 2.24) is 40.1 Å². The predicted octanol–water partition coefficient (Wildman–Crippen LogP) is 7.84. The molecule has 3 fully saturated rings. The van der Waals surface area contributed by atoms with Crippen molar-refractivity contribution < 1.29 is 48.0 Å². The molecular weight excluding hydrogens is 1080 g/mol. The summed E-state index contributed by atoms with van der Waals surface area (Å²) in [5.41, 5.74) is 16.2. The van der Waals surface area contributed by atoms with Gasteiger partial charge in [0.05, 0.1) is 60.5 Å². The maximum atomic E-state index is 15.0. The fraction of sp³-hybridized carbons (Fsp3) is 0.492. The molecule has 6 aromatic rings. The molecule has 0 aliphatic carbocycles. The number of oxazole rings is 1. The van der Waals surface area contributed by atoms with E-state index in [1.807, 2.05) is 51.1 Å². The fourth-order valence-corrected chi connectivity index (χ4v) is 12.8. The number of ether oxygens (including phenoxy) is 3. The molecule has 4 aliphatic rings. The van der Waals surface area contributed by atoms with Gasteiger partial charge in [0.15, 0.2) is 0 Å². The average Bonchev–Trinajstić information content (AvgIpc) is 1.84. The van der Waals surface area contributed by atoms with Crippen LogP contribution in [0.1, 0.15) is 114 Å². The Morgan fingerprint density at radius 1 is 0.988 bits per heavy atom. The smallest absolute Gasteiger partial charge is 0.324 e. The van der Waals surface area contributed by atoms with Crippen molar-refractivity contribution in [2.75, 3.05) is 59.3 Å². The van der Waals surface area contributed by atoms with Crippen LogP contribution < -0.4 is 16.5 Å². The highest BCUT2D eigenvalue weighted by Gasteiger charge is 2.43. The van der Waals surface area contributed by atoms with E-state index < -0.39 is 58.9 Å². The van der Waals surface area contributed by atoms with Crippen LogP contribution >= 0.6 is 0 Å². The molecule has 6 N–H and O–H groups in total. The second-order valence-corrected chi connectivity index (χ2v) is 24.7. The van der Waals surface area contributed by atoms with Crippen LogP contribution in [-0.4, -0.2) is 141 Å². The molecule has 4 aliphatic heterocycles. The minimum absolute atomic E-state index is 0.0349. The molecule has 85 heavy (non-hydrogen) atoms. The average molecular weight is 1160 g/mol. The number of fused-ring (bicyclic) bond motifs is 6. The number of methoxy groups -OCH3 is 1. The number of aromatic nitrogens is 3. The topological polar surface area (TPSA) is 264 Å². The Labute approximate surface area is 496 Å². The van der Waals surface area contributed by atoms with Crippen LogP contribution in [0.3, 0.4) is 0 Å². The third-order valence-electron chi connectivity index (χ3n) is 17.7. The highest BCUT2D eigenvalue weighted by molar-refractivity contribution is 5.96. The van der Waals surface area contributed by atoms with Gasteiger partial charge < -0.3 is 49.4 Å². The van der Waals surface area contributed by atoms with E-state index >= 15 is 4.79 Å². The summed E-state index contributed by atoms with van der Waals surface area (Å²) in [7, 11) is 3.24. The second kappa shape index (κ2) is 25.1. The van der Waals surface area contributed by atoms with Crippen molar-refractivity contribution in [3.05, 3.63) is 107 Å². The summed E-state index contributed by atoms with van der Waals surface area (Å²) in [5.74, 6) is -1.55. The number of rotatable bonds is 14. The van der Waals surface area contributed by atoms with E-state index in [-0.39, 0.29) is 49.7 Å². The molecule has 450 valence electrons. The number of hydrogen-bond acceptors (Lipinski definition) is 16. The quantitative estimate of drug-likeness (QED) is 0.0514. The number of phenolic OH excluding ortho intramolecular Hbond substituents is 1. The SMILES string of the molecule is CCn1c(-c2cc(-c3ncc(CN4CCC(C#N)(CO)CC4)o3)cnc2[C@H](C)OC)c2c3cc(ccc31)-c1cc(O)cc(c1)C[C@H](NC(=O)[C@H](C(C)C)N(C)C(=O)[C@@H]1OCC[C@@H]1c1ccc(N)cc1)C(=O)N1CCC[C@H](N1)C(=O)OCC(C)(C)C2. The Balaban J connectivity index is 1.02. The van der Waals surface area contributed by atoms with Crippen LogP contribution in [0, 0.1) is 28.1 Å². The fourth-order valence-electron chi connectivity index (χ4n) is 12.8. The third-order valence-corrected chi connectivity index (χ3v) is 17.7. The van der Waals surface area contributed by atoms with Gasteiger partial charge >= 0.3 is 5.97 Å². The number of likely N-dealkylation sites (tertiary alicyclic amines) is 1. The monoisotopic (exact) mass is 1160 g/mol. The number of carbonyl (C=O) groups excluding carboxylic acids is 4. The van der Waals surface area contributed by atoms with Gasteiger partial charge in [-0.2, -0.15) is 5.26 Å². The van der Waals surface area contributed by atoms with Gasteiger partial charge in [-0.25, -0.2) is 10.4 Å². The molecule has 0 saturated carbocycles. The van der Waals surface area contributed by atoms with Crippen molar-refractivity contribution in [2.24, 2.45) is 16.7 Å². The molecule has 3 saturated heterocycles. The lowest BCUT2D eigenvalue weighted by Gasteiger charge is -2.37. The Morgan fingerprint density at radius 2 is 1.75 bits per heavy atom. The molecule has 6 atom stereocenters. The normalized spacial score (nSPS) is 21.7. The van der Waals surface area contributed by atoms with E-state index in [1.165, 1.54) is 9.91 Å². The lowest BCUT2D eigenvalue weighted by Crippen LogP contribution is -2.62. The second-order valence-electron chi connectivity index (χ2n) is 24.7. The zero-order valence-corrected chi connectivity index (χ0v) is 50.0. The van der Waals surface area contributed by atoms with Crippen LogP contribution in [-0.2, 0) is 59.3 Å². The molecule has 3 aromatic carbocycles. The zero-order valence-electron chi connectivity index (χ0n) is 50.0. The number of aromatic hydroxyl groups is 1. The Hall–Kier alpha value is -7.67. The van der Waals surface area contributed by atoms with Gasteiger partial charge in [-0.05, 0) is 129 Å². The molecule has 7 heterocycles. The molecule has 6 bridgehead atoms. The number of cyclic esters (lactones) is 1. The number of nitrogens with zero attached hydrogens (tertiary/aromatic N) is 7. The molecule has 3 aromatic heterocycles. The molecule has 10 rings (SSSR count). The van der Waals surface area contributed by atoms with Crippen molar-refractivity contribution in [2.45, 2.75) is 136 Å². The number of phenols is 1. The van der Waals surface area contributed by atoms with Crippen LogP contribution in [0.4, 0.5) is 5.69 Å². The molecule has 20 nitrogen and oxygen atoms in total. The van der Waals surface area contributed by atoms with Gasteiger partial charge in [0.1, 0.15) is 35.7 Å². The molecule has 0 radical (unpaired) electrons. The van der Waals surface area contributed by atoms with Crippen LogP contribution in [0.5, 0.6) is 5.75 Å². The number of nitrogens with one attached hydrogen (secondary N) is 2. The van der Waals surface area contributed by atoms with Gasteiger partial charge in [0.25, 0.3) is 11.8 Å². The van der Waals surface area contributed by atoms with Crippen LogP contribution in [0.25, 0.3) is 44.7 Å². The Morgan fingerprint density at radius 3 is 2.46 bits per heavy atom. The van der Waals surface area contributed by atoms with Gasteiger partial charge in [-0.3, -0.25) is 34.1 Å². The largest absolute Gasteiger partial charge is 0.508 e. The molecule has 20 heteroatoms. The maximum absolute atomic E-state index is 15.0. The number of aryl methyl sites for hydroxylation is 1. The zero-order chi connectivity index (χ0) is 60.5. The van der Waals surface area contributed by atoms with Crippen molar-refractivity contribution in [1.29, 1.82) is 5.26 Å². The summed E-state index contributed by atoms with van der Waals surface area (Å²) in [5, 5.41) is 36.6. The number of benzene rings is 3. The standard InChI is InChI=1S/C65H80N10O10/c1-9-74-54-17-14-42-29-49(54)51(57(74)50-30-44(32-68-55(50)39(4)82-8)60-69-33-47(85-60)34-73-22-19-65(35-66,36-76)20-23-73)31-64(5,6)37-84-63(81)52-11-10-21-75(71-52)61(79)53(27-40-25-43(42)28-46(77)26-40)70-59(78)56(38(2)3)72(7)62(80)58-48(18-24-83-58)41-12-15-45(67)16-13-41/h12-17,25-26,28-30,32-33,38-39,48,52-53,56,58,71,76-77H,9-11,18-24,27,31,34,36-37,67H2,1-8H3,(H,70,78)/t39-,48+,52-,53-,56-,58+/m0/s1. The number of nitrogen functional groups attached to an aromatic ring is 1. The minimum atomic E-state index is -1.21. The highest BCUT2D eigenvalue weighted by atomic mass is 16.5. The number of hydrazine groups is 1. The first-order valence-electron chi connectivity index (χ1n) is 29.7. The highest BCUT2D eigenvalue weighted by Crippen LogP contribution is 2.44. The van der Waals surface area contributed by atoms with Gasteiger partial charge in [0.2, 0.25) is 11.8 Å². The number of anilines is 1. The summed E-state index contributed by atoms with van der Waals surface area (Å²) in [6.45, 7) is 14.7. The van der Waals surface area contributed by atoms with E-state index in [0.717, 1.165) is 38.9 Å². The predicted molar refractivity (Wildman–Crippen MR) is 320 cm³/mol.